The van der Waals surface area contributed by atoms with E-state index < -0.39 is 0 Å². The Kier molecular flexibility index (Phi) is 3.09. The number of aromatic nitrogens is 3. The maximum Gasteiger partial charge on any atom is 0.271 e. The van der Waals surface area contributed by atoms with Crippen LogP contribution in [0.4, 0.5) is 0 Å². The van der Waals surface area contributed by atoms with Gasteiger partial charge < -0.3 is 4.98 Å². The van der Waals surface area contributed by atoms with E-state index >= 15 is 0 Å². The monoisotopic (exact) mass is 317 g/mol. The van der Waals surface area contributed by atoms with Gasteiger partial charge in [0.05, 0.1) is 5.69 Å². The summed E-state index contributed by atoms with van der Waals surface area (Å²) in [7, 11) is 0. The lowest BCUT2D eigenvalue weighted by Crippen LogP contribution is -2.29. The highest BCUT2D eigenvalue weighted by Gasteiger charge is 2.19. The van der Waals surface area contributed by atoms with Crippen LogP contribution < -0.4 is 11.0 Å². The van der Waals surface area contributed by atoms with Crippen molar-refractivity contribution >= 4 is 16.6 Å². The Morgan fingerprint density at radius 2 is 1.79 bits per heavy atom. The summed E-state index contributed by atoms with van der Waals surface area (Å²) in [6.07, 6.45) is 5.68. The molecule has 0 saturated heterocycles. The van der Waals surface area contributed by atoms with Gasteiger partial charge in [-0.05, 0) is 26.0 Å². The van der Waals surface area contributed by atoms with Gasteiger partial charge >= 0.3 is 0 Å². The molecule has 0 amide bonds. The quantitative estimate of drug-likeness (QED) is 0.790. The topological polar surface area (TPSA) is 67.8 Å². The summed E-state index contributed by atoms with van der Waals surface area (Å²) < 4.78 is 1.50. The molecule has 0 radical (unpaired) electrons. The molecule has 24 heavy (non-hydrogen) atoms. The van der Waals surface area contributed by atoms with Gasteiger partial charge in [-0.1, -0.05) is 36.4 Å². The van der Waals surface area contributed by atoms with Crippen LogP contribution in [-0.2, 0) is 0 Å². The summed E-state index contributed by atoms with van der Waals surface area (Å²) in [4.78, 5) is 33.4. The molecular formula is C19H15N3O2. The molecule has 0 aliphatic heterocycles. The molecule has 118 valence electrons. The van der Waals surface area contributed by atoms with Crippen molar-refractivity contribution in [1.29, 1.82) is 0 Å². The maximum atomic E-state index is 13.1. The van der Waals surface area contributed by atoms with Crippen LogP contribution in [0, 0.1) is 13.8 Å². The van der Waals surface area contributed by atoms with Crippen molar-refractivity contribution in [3.8, 4) is 5.69 Å². The van der Waals surface area contributed by atoms with Crippen molar-refractivity contribution in [1.82, 2.24) is 14.5 Å². The van der Waals surface area contributed by atoms with E-state index in [0.29, 0.717) is 22.7 Å². The Bertz CT molecular complexity index is 1150. The second-order valence-corrected chi connectivity index (χ2v) is 5.82. The first-order chi connectivity index (χ1) is 11.6. The van der Waals surface area contributed by atoms with Crippen molar-refractivity contribution in [2.75, 3.05) is 0 Å². The molecule has 0 spiro atoms. The average Bonchev–Trinajstić information content (AvgIpc) is 2.52. The number of para-hydroxylation sites is 1. The number of hydrogen-bond donors (Lipinski definition) is 1. The van der Waals surface area contributed by atoms with Crippen LogP contribution in [0.15, 0.2) is 58.1 Å². The first-order valence-electron chi connectivity index (χ1n) is 7.68. The lowest BCUT2D eigenvalue weighted by Gasteiger charge is -2.16. The Morgan fingerprint density at radius 1 is 1.08 bits per heavy atom. The van der Waals surface area contributed by atoms with Gasteiger partial charge in [-0.2, -0.15) is 0 Å². The maximum absolute atomic E-state index is 13.1. The lowest BCUT2D eigenvalue weighted by molar-refractivity contribution is 0.923. The number of pyridine rings is 1. The molecular weight excluding hydrogens is 302 g/mol. The number of nitrogens with one attached hydrogen (secondary N) is 1. The van der Waals surface area contributed by atoms with E-state index in [1.807, 2.05) is 55.5 Å². The van der Waals surface area contributed by atoms with Crippen molar-refractivity contribution in [2.24, 2.45) is 0 Å². The minimum Gasteiger partial charge on any atom is -0.343 e. The molecule has 0 saturated carbocycles. The highest BCUT2D eigenvalue weighted by molar-refractivity contribution is 5.83. The lowest BCUT2D eigenvalue weighted by atomic mass is 10.1. The molecule has 1 aliphatic carbocycles. The van der Waals surface area contributed by atoms with Gasteiger partial charge in [-0.15, -0.1) is 0 Å². The molecule has 0 unspecified atom stereocenters. The highest BCUT2D eigenvalue weighted by Crippen LogP contribution is 2.23. The highest BCUT2D eigenvalue weighted by atomic mass is 16.1. The van der Waals surface area contributed by atoms with E-state index in [-0.39, 0.29) is 16.4 Å². The number of fused-ring (bicyclic) bond motifs is 1. The Labute approximate surface area is 137 Å². The van der Waals surface area contributed by atoms with E-state index in [1.165, 1.54) is 4.57 Å². The number of hydrogen-bond acceptors (Lipinski definition) is 3. The van der Waals surface area contributed by atoms with E-state index in [4.69, 9.17) is 0 Å². The molecule has 5 nitrogen and oxygen atoms in total. The van der Waals surface area contributed by atoms with Crippen LogP contribution in [-0.4, -0.2) is 14.5 Å². The van der Waals surface area contributed by atoms with Crippen LogP contribution in [0.2, 0.25) is 0 Å². The minimum atomic E-state index is -0.355. The number of H-pyrrole nitrogens is 1. The molecule has 1 N–H and O–H groups in total. The van der Waals surface area contributed by atoms with Gasteiger partial charge in [0.25, 0.3) is 5.56 Å². The standard InChI is InChI=1S/C19H15N3O2/c1-11-12(2)20-17-15(16(11)23)19(24)22(14-9-4-3-5-10-14)18(21-17)13-7-6-8-13/h3-10H,1-2H3,(H,20,23). The molecule has 0 atom stereocenters. The van der Waals surface area contributed by atoms with Gasteiger partial charge in [-0.25, -0.2) is 4.98 Å². The molecule has 4 rings (SSSR count). The number of rotatable bonds is 2. The first-order valence-corrected chi connectivity index (χ1v) is 7.68. The molecule has 2 aromatic heterocycles. The molecule has 1 aromatic carbocycles. The summed E-state index contributed by atoms with van der Waals surface area (Å²) in [5, 5.41) is 0.0922. The molecule has 5 heteroatoms. The third kappa shape index (κ3) is 1.98. The zero-order chi connectivity index (χ0) is 16.8. The second-order valence-electron chi connectivity index (χ2n) is 5.82. The van der Waals surface area contributed by atoms with Gasteiger partial charge in [0.1, 0.15) is 16.9 Å². The predicted octanol–water partition coefficient (Wildman–Crippen LogP) is 2.64. The largest absolute Gasteiger partial charge is 0.343 e. The third-order valence-electron chi connectivity index (χ3n) is 4.34. The van der Waals surface area contributed by atoms with E-state index in [9.17, 15) is 9.59 Å². The second kappa shape index (κ2) is 5.16. The normalized spacial score (nSPS) is 13.0. The van der Waals surface area contributed by atoms with Crippen molar-refractivity contribution in [3.63, 3.8) is 0 Å². The number of nitrogens with zero attached hydrogens (tertiary/aromatic N) is 2. The fourth-order valence-corrected chi connectivity index (χ4v) is 2.80. The average molecular weight is 317 g/mol. The van der Waals surface area contributed by atoms with Gasteiger partial charge in [0.2, 0.25) is 0 Å². The number of aryl methyl sites for hydroxylation is 1. The van der Waals surface area contributed by atoms with Crippen LogP contribution >= 0.6 is 0 Å². The Morgan fingerprint density at radius 3 is 2.42 bits per heavy atom. The molecule has 1 aliphatic rings. The van der Waals surface area contributed by atoms with Crippen LogP contribution in [0.1, 0.15) is 17.1 Å². The van der Waals surface area contributed by atoms with Crippen molar-refractivity contribution in [3.05, 3.63) is 86.2 Å². The molecule has 0 fully saturated rings. The molecule has 2 heterocycles. The molecule has 0 bridgehead atoms. The summed E-state index contributed by atoms with van der Waals surface area (Å²) in [6, 6.07) is 9.25. The predicted molar refractivity (Wildman–Crippen MR) is 94.6 cm³/mol. The van der Waals surface area contributed by atoms with Gasteiger partial charge in [-0.3, -0.25) is 14.2 Å². The Balaban J connectivity index is 2.19. The zero-order valence-electron chi connectivity index (χ0n) is 13.3. The SMILES string of the molecule is Cc1[nH]c2nc(C3=CC=C3)n(-c3ccccc3)c(=O)c2c(=O)c1C. The number of aromatic amines is 1. The van der Waals surface area contributed by atoms with E-state index in [0.717, 1.165) is 11.3 Å². The van der Waals surface area contributed by atoms with Gasteiger partial charge in [0.15, 0.2) is 5.43 Å². The van der Waals surface area contributed by atoms with Crippen molar-refractivity contribution in [2.45, 2.75) is 13.8 Å². The van der Waals surface area contributed by atoms with Crippen LogP contribution in [0.3, 0.4) is 0 Å². The zero-order valence-corrected chi connectivity index (χ0v) is 13.3. The number of allylic oxidation sites excluding steroid dienone is 4. The van der Waals surface area contributed by atoms with Crippen LogP contribution in [0.5, 0.6) is 0 Å². The summed E-state index contributed by atoms with van der Waals surface area (Å²) >= 11 is 0. The first kappa shape index (κ1) is 14.4. The summed E-state index contributed by atoms with van der Waals surface area (Å²) in [6.45, 7) is 3.52. The van der Waals surface area contributed by atoms with Crippen LogP contribution in [0.25, 0.3) is 22.3 Å². The molecule has 3 aromatic rings. The summed E-state index contributed by atoms with van der Waals surface area (Å²) in [5.74, 6) is 0.528. The number of benzene rings is 1. The fourth-order valence-electron chi connectivity index (χ4n) is 2.80. The van der Waals surface area contributed by atoms with E-state index in [1.54, 1.807) is 6.92 Å². The fraction of sp³-hybridized carbons (Fsp3) is 0.105. The van der Waals surface area contributed by atoms with E-state index in [2.05, 4.69) is 9.97 Å². The smallest absolute Gasteiger partial charge is 0.271 e. The summed E-state index contributed by atoms with van der Waals surface area (Å²) in [5.41, 5.74) is 2.51. The minimum absolute atomic E-state index is 0.0922. The van der Waals surface area contributed by atoms with Crippen molar-refractivity contribution < 1.29 is 0 Å². The Hall–Kier alpha value is -3.21. The van der Waals surface area contributed by atoms with Gasteiger partial charge in [0, 0.05) is 16.8 Å². The third-order valence-corrected chi connectivity index (χ3v) is 4.34.